The molecule has 3 heteroatoms. The van der Waals surface area contributed by atoms with Gasteiger partial charge in [0, 0.05) is 12.8 Å². The van der Waals surface area contributed by atoms with E-state index in [0.717, 1.165) is 22.9 Å². The zero-order valence-electron chi connectivity index (χ0n) is 10.5. The van der Waals surface area contributed by atoms with Crippen LogP contribution in [-0.2, 0) is 9.59 Å². The number of carbonyl (C=O) groups is 2. The molecular weight excluding hydrogens is 231 g/mol. The Bertz CT molecular complexity index is 452. The third-order valence-electron chi connectivity index (χ3n) is 3.14. The third-order valence-corrected chi connectivity index (χ3v) is 5.74. The lowest BCUT2D eigenvalue weighted by molar-refractivity contribution is -0.116. The van der Waals surface area contributed by atoms with Gasteiger partial charge in [-0.15, -0.1) is 0 Å². The molecule has 1 aromatic carbocycles. The maximum atomic E-state index is 12.0. The first-order valence-corrected chi connectivity index (χ1v) is 7.28. The number of benzene rings is 1. The molecule has 0 radical (unpaired) electrons. The quantitative estimate of drug-likeness (QED) is 0.716. The van der Waals surface area contributed by atoms with Gasteiger partial charge in [0.1, 0.15) is 0 Å². The standard InChI is InChI=1S/C14H17O2P/c1-9-7-10(2)14(11(3)8-9)17-12(15)5-4-6-13(17)16/h7-8H,4-6H2,1-3H3. The van der Waals surface area contributed by atoms with Crippen molar-refractivity contribution in [3.05, 3.63) is 28.8 Å². The van der Waals surface area contributed by atoms with E-state index < -0.39 is 7.92 Å². The van der Waals surface area contributed by atoms with Crippen LogP contribution in [0.1, 0.15) is 36.0 Å². The highest BCUT2D eigenvalue weighted by Crippen LogP contribution is 2.45. The molecule has 17 heavy (non-hydrogen) atoms. The van der Waals surface area contributed by atoms with E-state index in [1.807, 2.05) is 20.8 Å². The van der Waals surface area contributed by atoms with Crippen LogP contribution in [0, 0.1) is 20.8 Å². The summed E-state index contributed by atoms with van der Waals surface area (Å²) in [6.45, 7) is 6.06. The minimum absolute atomic E-state index is 0.159. The SMILES string of the molecule is Cc1cc(C)c(P2C(=O)CCCC2=O)c(C)c1. The van der Waals surface area contributed by atoms with Crippen molar-refractivity contribution in [3.63, 3.8) is 0 Å². The molecule has 0 aromatic heterocycles. The van der Waals surface area contributed by atoms with Crippen LogP contribution in [0.4, 0.5) is 0 Å². The highest BCUT2D eigenvalue weighted by Gasteiger charge is 2.33. The molecule has 2 nitrogen and oxygen atoms in total. The highest BCUT2D eigenvalue weighted by molar-refractivity contribution is 7.95. The molecule has 0 saturated carbocycles. The minimum atomic E-state index is -1.22. The first kappa shape index (κ1) is 12.4. The van der Waals surface area contributed by atoms with Crippen LogP contribution in [-0.4, -0.2) is 11.0 Å². The Morgan fingerprint density at radius 2 is 1.41 bits per heavy atom. The fourth-order valence-corrected chi connectivity index (χ4v) is 4.90. The van der Waals surface area contributed by atoms with E-state index >= 15 is 0 Å². The van der Waals surface area contributed by atoms with Crippen molar-refractivity contribution in [2.75, 3.05) is 0 Å². The summed E-state index contributed by atoms with van der Waals surface area (Å²) in [5.74, 6) is 0. The molecule has 2 rings (SSSR count). The Morgan fingerprint density at radius 3 is 1.88 bits per heavy atom. The molecule has 0 amide bonds. The van der Waals surface area contributed by atoms with Crippen molar-refractivity contribution < 1.29 is 9.59 Å². The number of rotatable bonds is 1. The molecule has 0 unspecified atom stereocenters. The van der Waals surface area contributed by atoms with Gasteiger partial charge in [0.2, 0.25) is 0 Å². The molecule has 0 bridgehead atoms. The van der Waals surface area contributed by atoms with E-state index in [-0.39, 0.29) is 11.0 Å². The molecule has 0 aliphatic carbocycles. The van der Waals surface area contributed by atoms with E-state index in [1.165, 1.54) is 5.56 Å². The van der Waals surface area contributed by atoms with Crippen LogP contribution in [0.25, 0.3) is 0 Å². The Balaban J connectivity index is 2.52. The largest absolute Gasteiger partial charge is 0.294 e. The first-order chi connectivity index (χ1) is 8.00. The topological polar surface area (TPSA) is 34.1 Å². The van der Waals surface area contributed by atoms with Gasteiger partial charge in [-0.2, -0.15) is 0 Å². The highest BCUT2D eigenvalue weighted by atomic mass is 31.1. The van der Waals surface area contributed by atoms with Crippen LogP contribution in [0.3, 0.4) is 0 Å². The van der Waals surface area contributed by atoms with Gasteiger partial charge in [0.25, 0.3) is 0 Å². The number of carbonyl (C=O) groups excluding carboxylic acids is 2. The molecule has 1 aliphatic rings. The molecule has 90 valence electrons. The minimum Gasteiger partial charge on any atom is -0.294 e. The first-order valence-electron chi connectivity index (χ1n) is 5.94. The lowest BCUT2D eigenvalue weighted by Gasteiger charge is -2.23. The summed E-state index contributed by atoms with van der Waals surface area (Å²) in [6, 6.07) is 4.14. The lowest BCUT2D eigenvalue weighted by atomic mass is 10.1. The second kappa shape index (κ2) is 4.70. The van der Waals surface area contributed by atoms with Gasteiger partial charge in [-0.3, -0.25) is 9.59 Å². The van der Waals surface area contributed by atoms with Gasteiger partial charge >= 0.3 is 0 Å². The van der Waals surface area contributed by atoms with Crippen LogP contribution >= 0.6 is 7.92 Å². The van der Waals surface area contributed by atoms with E-state index in [2.05, 4.69) is 12.1 Å². The number of aryl methyl sites for hydroxylation is 3. The van der Waals surface area contributed by atoms with Gasteiger partial charge < -0.3 is 0 Å². The zero-order chi connectivity index (χ0) is 12.6. The van der Waals surface area contributed by atoms with Crippen molar-refractivity contribution in [3.8, 4) is 0 Å². The average Bonchev–Trinajstić information content (AvgIpc) is 2.21. The molecule has 0 spiro atoms. The van der Waals surface area contributed by atoms with E-state index in [9.17, 15) is 9.59 Å². The van der Waals surface area contributed by atoms with Crippen LogP contribution in [0.2, 0.25) is 0 Å². The summed E-state index contributed by atoms with van der Waals surface area (Å²) in [5.41, 5.74) is 3.70. The predicted molar refractivity (Wildman–Crippen MR) is 71.1 cm³/mol. The summed E-state index contributed by atoms with van der Waals surface area (Å²) < 4.78 is 0. The smallest absolute Gasteiger partial charge is 0.166 e. The van der Waals surface area contributed by atoms with Gasteiger partial charge in [0.15, 0.2) is 11.0 Å². The summed E-state index contributed by atoms with van der Waals surface area (Å²) in [7, 11) is -1.22. The third kappa shape index (κ3) is 2.32. The summed E-state index contributed by atoms with van der Waals surface area (Å²) in [5, 5.41) is 1.01. The summed E-state index contributed by atoms with van der Waals surface area (Å²) >= 11 is 0. The van der Waals surface area contributed by atoms with E-state index in [4.69, 9.17) is 0 Å². The second-order valence-corrected chi connectivity index (χ2v) is 6.84. The number of hydrogen-bond acceptors (Lipinski definition) is 2. The Kier molecular flexibility index (Phi) is 3.44. The molecule has 1 aliphatic heterocycles. The molecule has 1 aromatic rings. The molecule has 1 fully saturated rings. The van der Waals surface area contributed by atoms with E-state index in [1.54, 1.807) is 0 Å². The van der Waals surface area contributed by atoms with Crippen molar-refractivity contribution in [2.24, 2.45) is 0 Å². The van der Waals surface area contributed by atoms with Crippen molar-refractivity contribution in [1.82, 2.24) is 0 Å². The van der Waals surface area contributed by atoms with Gasteiger partial charge in [-0.05, 0) is 43.6 Å². The monoisotopic (exact) mass is 248 g/mol. The van der Waals surface area contributed by atoms with Crippen LogP contribution < -0.4 is 5.30 Å². The van der Waals surface area contributed by atoms with Crippen molar-refractivity contribution in [1.29, 1.82) is 0 Å². The zero-order valence-corrected chi connectivity index (χ0v) is 11.4. The van der Waals surface area contributed by atoms with Crippen LogP contribution in [0.5, 0.6) is 0 Å². The Hall–Kier alpha value is -1.01. The fourth-order valence-electron chi connectivity index (χ4n) is 2.53. The maximum Gasteiger partial charge on any atom is 0.166 e. The summed E-state index contributed by atoms with van der Waals surface area (Å²) in [4.78, 5) is 24.0. The van der Waals surface area contributed by atoms with Crippen LogP contribution in [0.15, 0.2) is 12.1 Å². The Labute approximate surface area is 103 Å². The maximum absolute atomic E-state index is 12.0. The molecular formula is C14H17O2P. The van der Waals surface area contributed by atoms with E-state index in [0.29, 0.717) is 12.8 Å². The lowest BCUT2D eigenvalue weighted by Crippen LogP contribution is -2.23. The molecule has 0 atom stereocenters. The summed E-state index contributed by atoms with van der Waals surface area (Å²) in [6.07, 6.45) is 1.88. The van der Waals surface area contributed by atoms with Gasteiger partial charge in [-0.1, -0.05) is 17.7 Å². The van der Waals surface area contributed by atoms with Gasteiger partial charge in [0.05, 0.1) is 7.92 Å². The molecule has 0 N–H and O–H groups in total. The normalized spacial score (nSPS) is 17.6. The average molecular weight is 248 g/mol. The van der Waals surface area contributed by atoms with Gasteiger partial charge in [-0.25, -0.2) is 0 Å². The molecule has 1 heterocycles. The fraction of sp³-hybridized carbons (Fsp3) is 0.429. The predicted octanol–water partition coefficient (Wildman–Crippen LogP) is 2.96. The molecule has 1 saturated heterocycles. The second-order valence-electron chi connectivity index (χ2n) is 4.72. The Morgan fingerprint density at radius 1 is 0.941 bits per heavy atom. The number of hydrogen-bond donors (Lipinski definition) is 0. The van der Waals surface area contributed by atoms with Crippen molar-refractivity contribution in [2.45, 2.75) is 40.0 Å². The van der Waals surface area contributed by atoms with Crippen molar-refractivity contribution >= 4 is 24.3 Å².